The molecule has 1 aromatic heterocycles. The van der Waals surface area contributed by atoms with Crippen LogP contribution in [0.3, 0.4) is 0 Å². The van der Waals surface area contributed by atoms with Gasteiger partial charge >= 0.3 is 130 Å². The predicted octanol–water partition coefficient (Wildman–Crippen LogP) is 1.60. The van der Waals surface area contributed by atoms with Gasteiger partial charge in [-0.05, 0) is 6.07 Å². The summed E-state index contributed by atoms with van der Waals surface area (Å²) in [6, 6.07) is 17.5. The van der Waals surface area contributed by atoms with Crippen LogP contribution in [0, 0.1) is 0 Å². The maximum atomic E-state index is 12.3. The number of hydrogen-bond acceptors (Lipinski definition) is 7. The van der Waals surface area contributed by atoms with Gasteiger partial charge in [0.25, 0.3) is 0 Å². The molecule has 0 aliphatic rings. The molecular weight excluding hydrogens is 445 g/mol. The smallest absolute Gasteiger partial charge is 0.353 e. The fraction of sp³-hybridized carbons (Fsp3) is 0.0556. The molecule has 29 heavy (non-hydrogen) atoms. The van der Waals surface area contributed by atoms with Crippen LogP contribution < -0.4 is 9.83 Å². The molecule has 0 aliphatic heterocycles. The van der Waals surface area contributed by atoms with Crippen molar-refractivity contribution in [2.75, 3.05) is 0 Å². The van der Waals surface area contributed by atoms with E-state index in [4.69, 9.17) is 14.2 Å². The van der Waals surface area contributed by atoms with E-state index in [2.05, 4.69) is 14.1 Å². The summed E-state index contributed by atoms with van der Waals surface area (Å²) in [5, 5.41) is 22.8. The number of aromatic carboxylic acids is 1. The van der Waals surface area contributed by atoms with Crippen molar-refractivity contribution in [3.05, 3.63) is 72.6 Å². The van der Waals surface area contributed by atoms with Crippen molar-refractivity contribution < 1.29 is 31.4 Å². The van der Waals surface area contributed by atoms with Crippen molar-refractivity contribution >= 4 is 30.4 Å². The number of nitrogens with zero attached hydrogens (tertiary/aromatic N) is 1. The topological polar surface area (TPSA) is 151 Å². The van der Waals surface area contributed by atoms with Crippen LogP contribution in [0.25, 0.3) is 11.1 Å². The molecule has 10 nitrogen and oxygen atoms in total. The second-order valence-electron chi connectivity index (χ2n) is 5.52. The van der Waals surface area contributed by atoms with E-state index >= 15 is 0 Å². The summed E-state index contributed by atoms with van der Waals surface area (Å²) in [4.78, 5) is 20.8. The van der Waals surface area contributed by atoms with Gasteiger partial charge in [-0.3, -0.25) is 5.10 Å². The Kier molecular flexibility index (Phi) is 7.93. The van der Waals surface area contributed by atoms with Crippen LogP contribution in [0.15, 0.2) is 66.9 Å². The van der Waals surface area contributed by atoms with Gasteiger partial charge in [0.1, 0.15) is 5.69 Å². The molecule has 0 saturated carbocycles. The maximum Gasteiger partial charge on any atom is 0.353 e. The summed E-state index contributed by atoms with van der Waals surface area (Å²) in [5.41, 5.74) is 3.95. The van der Waals surface area contributed by atoms with Crippen molar-refractivity contribution in [1.82, 2.24) is 15.7 Å². The van der Waals surface area contributed by atoms with Gasteiger partial charge in [0, 0.05) is 6.20 Å². The summed E-state index contributed by atoms with van der Waals surface area (Å²) in [6.45, 7) is 1.19. The Balaban J connectivity index is 0.000000313. The minimum Gasteiger partial charge on any atom is -0.477 e. The predicted molar refractivity (Wildman–Crippen MR) is 102 cm³/mol. The van der Waals surface area contributed by atoms with Crippen molar-refractivity contribution in [1.29, 1.82) is 0 Å². The number of carboxylic acids is 1. The van der Waals surface area contributed by atoms with Gasteiger partial charge in [-0.25, -0.2) is 4.79 Å². The second kappa shape index (κ2) is 10.4. The molecule has 1 amide bonds. The van der Waals surface area contributed by atoms with E-state index in [-0.39, 0.29) is 10.0 Å². The van der Waals surface area contributed by atoms with Crippen LogP contribution in [0.4, 0.5) is 0 Å². The van der Waals surface area contributed by atoms with Gasteiger partial charge in [0.2, 0.25) is 0 Å². The number of amides is 1. The second-order valence-corrected chi connectivity index (χ2v) is 9.41. The van der Waals surface area contributed by atoms with E-state index in [0.717, 1.165) is 11.1 Å². The SMILES string of the molecule is CC(=O)NO[As](=O)(OO)c1ccc(-c2ccccc2)cc1.O=C(O)c1ccn[nH]1. The molecule has 1 atom stereocenters. The Bertz CT molecular complexity index is 976. The molecule has 1 heterocycles. The minimum atomic E-state index is -4.69. The molecule has 0 fully saturated rings. The van der Waals surface area contributed by atoms with Crippen molar-refractivity contribution in [2.45, 2.75) is 6.92 Å². The summed E-state index contributed by atoms with van der Waals surface area (Å²) in [5.74, 6) is -1.53. The third-order valence-corrected chi connectivity index (χ3v) is 6.54. The normalized spacial score (nSPS) is 12.2. The standard InChI is InChI=1S/C14H14AsNO5.C4H4N2O2/c1-11(17)16-20-15(18,21-19)14-9-7-13(8-10-14)12-5-3-2-4-6-12;7-4(8)3-1-2-5-6-3/h2-10,19H,1H3,(H,16,17);1-2H,(H,5,6)(H,7,8). The van der Waals surface area contributed by atoms with E-state index in [1.54, 1.807) is 12.1 Å². The molecule has 2 aromatic carbocycles. The summed E-state index contributed by atoms with van der Waals surface area (Å²) in [7, 11) is 0. The first kappa shape index (κ1) is 22.1. The van der Waals surface area contributed by atoms with E-state index in [1.165, 1.54) is 31.3 Å². The minimum absolute atomic E-state index is 0.116. The van der Waals surface area contributed by atoms with Crippen LogP contribution in [0.2, 0.25) is 0 Å². The van der Waals surface area contributed by atoms with E-state index in [0.29, 0.717) is 0 Å². The Hall–Kier alpha value is -3.17. The summed E-state index contributed by atoms with van der Waals surface area (Å²) in [6.07, 6.45) is 1.39. The zero-order valence-electron chi connectivity index (χ0n) is 15.2. The van der Waals surface area contributed by atoms with Gasteiger partial charge in [-0.1, -0.05) is 0 Å². The van der Waals surface area contributed by atoms with E-state index < -0.39 is 26.0 Å². The van der Waals surface area contributed by atoms with E-state index in [1.807, 2.05) is 35.8 Å². The average Bonchev–Trinajstić information content (AvgIpc) is 3.29. The van der Waals surface area contributed by atoms with Crippen LogP contribution >= 0.6 is 0 Å². The zero-order valence-corrected chi connectivity index (χ0v) is 17.1. The average molecular weight is 463 g/mol. The van der Waals surface area contributed by atoms with E-state index in [9.17, 15) is 13.3 Å². The molecule has 0 bridgehead atoms. The number of benzene rings is 2. The third kappa shape index (κ3) is 6.44. The number of carbonyl (C=O) groups is 2. The number of nitrogens with one attached hydrogen (secondary N) is 2. The Morgan fingerprint density at radius 2 is 1.66 bits per heavy atom. The van der Waals surface area contributed by atoms with Crippen LogP contribution in [0.5, 0.6) is 0 Å². The number of hydroxylamine groups is 1. The first-order chi connectivity index (χ1) is 13.9. The van der Waals surface area contributed by atoms with Crippen molar-refractivity contribution in [3.63, 3.8) is 0 Å². The molecule has 0 radical (unpaired) electrons. The fourth-order valence-electron chi connectivity index (χ4n) is 2.08. The first-order valence-corrected chi connectivity index (χ1v) is 11.4. The first-order valence-electron chi connectivity index (χ1n) is 8.13. The maximum absolute atomic E-state index is 12.3. The molecular formula is C18H18AsN3O7. The molecule has 4 N–H and O–H groups in total. The Morgan fingerprint density at radius 1 is 1.03 bits per heavy atom. The molecule has 0 saturated heterocycles. The number of aromatic amines is 1. The number of hydrogen-bond donors (Lipinski definition) is 4. The molecule has 3 rings (SSSR count). The van der Waals surface area contributed by atoms with Gasteiger partial charge < -0.3 is 5.11 Å². The fourth-order valence-corrected chi connectivity index (χ4v) is 4.17. The van der Waals surface area contributed by atoms with Gasteiger partial charge in [-0.2, -0.15) is 5.10 Å². The van der Waals surface area contributed by atoms with Gasteiger partial charge in [0.05, 0.1) is 0 Å². The van der Waals surface area contributed by atoms with Crippen molar-refractivity contribution in [2.24, 2.45) is 0 Å². The number of rotatable bonds is 6. The van der Waals surface area contributed by atoms with Gasteiger partial charge in [-0.15, -0.1) is 0 Å². The largest absolute Gasteiger partial charge is 0.477 e. The molecule has 0 aliphatic carbocycles. The van der Waals surface area contributed by atoms with Crippen LogP contribution in [0.1, 0.15) is 17.4 Å². The van der Waals surface area contributed by atoms with Crippen molar-refractivity contribution in [3.8, 4) is 11.1 Å². The monoisotopic (exact) mass is 463 g/mol. The number of H-pyrrole nitrogens is 1. The molecule has 0 spiro atoms. The Labute approximate surface area is 168 Å². The number of aromatic nitrogens is 2. The Morgan fingerprint density at radius 3 is 2.10 bits per heavy atom. The molecule has 11 heteroatoms. The molecule has 3 aromatic rings. The molecule has 1 unspecified atom stereocenters. The third-order valence-electron chi connectivity index (χ3n) is 3.44. The molecule has 152 valence electrons. The van der Waals surface area contributed by atoms with Crippen LogP contribution in [-0.2, 0) is 16.2 Å². The zero-order chi connectivity index (χ0) is 21.3. The number of carbonyl (C=O) groups excluding carboxylic acids is 1. The number of carboxylic acid groups (broad SMARTS) is 1. The summed E-state index contributed by atoms with van der Waals surface area (Å²) >= 11 is -4.69. The quantitative estimate of drug-likeness (QED) is 0.245. The van der Waals surface area contributed by atoms with Gasteiger partial charge in [0.15, 0.2) is 0 Å². The summed E-state index contributed by atoms with van der Waals surface area (Å²) < 4.78 is 21.2. The van der Waals surface area contributed by atoms with Crippen LogP contribution in [-0.4, -0.2) is 46.6 Å².